The Kier molecular flexibility index (Phi) is 5.23. The van der Waals surface area contributed by atoms with Crippen LogP contribution in [0.15, 0.2) is 60.8 Å². The van der Waals surface area contributed by atoms with Crippen LogP contribution < -0.4 is 0 Å². The van der Waals surface area contributed by atoms with Gasteiger partial charge in [0.2, 0.25) is 0 Å². The molecule has 2 heterocycles. The summed E-state index contributed by atoms with van der Waals surface area (Å²) in [6.07, 6.45) is 3.69. The predicted molar refractivity (Wildman–Crippen MR) is 130 cm³/mol. The minimum Gasteiger partial charge on any atom is -0.508 e. The number of likely N-dealkylation sites (tertiary alicyclic amines) is 1. The van der Waals surface area contributed by atoms with Crippen molar-refractivity contribution in [3.63, 3.8) is 0 Å². The number of hydrogen-bond donors (Lipinski definition) is 1. The van der Waals surface area contributed by atoms with Crippen LogP contribution in [0, 0.1) is 0 Å². The first-order chi connectivity index (χ1) is 15.8. The van der Waals surface area contributed by atoms with Crippen LogP contribution in [-0.4, -0.2) is 44.6 Å². The highest BCUT2D eigenvalue weighted by molar-refractivity contribution is 5.99. The average Bonchev–Trinajstić information content (AvgIpc) is 3.21. The minimum absolute atomic E-state index is 0.115. The van der Waals surface area contributed by atoms with Gasteiger partial charge in [0, 0.05) is 24.7 Å². The second kappa shape index (κ2) is 8.10. The van der Waals surface area contributed by atoms with Crippen molar-refractivity contribution in [1.29, 1.82) is 0 Å². The van der Waals surface area contributed by atoms with E-state index in [1.807, 2.05) is 55.8 Å². The Morgan fingerprint density at radius 1 is 1.09 bits per heavy atom. The van der Waals surface area contributed by atoms with Crippen molar-refractivity contribution in [2.45, 2.75) is 45.3 Å². The van der Waals surface area contributed by atoms with Crippen molar-refractivity contribution in [3.05, 3.63) is 60.8 Å². The number of phenolic OH excluding ortho intramolecular Hbond substituents is 1. The smallest absolute Gasteiger partial charge is 0.410 e. The van der Waals surface area contributed by atoms with Crippen LogP contribution in [0.5, 0.6) is 5.75 Å². The summed E-state index contributed by atoms with van der Waals surface area (Å²) in [5, 5.41) is 18.2. The van der Waals surface area contributed by atoms with Gasteiger partial charge in [0.25, 0.3) is 0 Å². The highest BCUT2D eigenvalue weighted by Crippen LogP contribution is 2.34. The molecule has 0 bridgehead atoms. The number of ether oxygens (including phenoxy) is 1. The summed E-state index contributed by atoms with van der Waals surface area (Å²) >= 11 is 0. The highest BCUT2D eigenvalue weighted by Gasteiger charge is 2.29. The van der Waals surface area contributed by atoms with Gasteiger partial charge in [-0.05, 0) is 79.8 Å². The molecule has 0 saturated carbocycles. The number of phenols is 1. The van der Waals surface area contributed by atoms with Gasteiger partial charge in [0.1, 0.15) is 11.4 Å². The number of carbonyl (C=O) groups is 1. The van der Waals surface area contributed by atoms with Crippen molar-refractivity contribution in [1.82, 2.24) is 14.7 Å². The van der Waals surface area contributed by atoms with Crippen LogP contribution in [0.3, 0.4) is 0 Å². The van der Waals surface area contributed by atoms with Gasteiger partial charge in [-0.2, -0.15) is 5.10 Å². The molecule has 3 aromatic carbocycles. The fraction of sp³-hybridized carbons (Fsp3) is 0.333. The zero-order valence-corrected chi connectivity index (χ0v) is 19.3. The third-order valence-electron chi connectivity index (χ3n) is 6.10. The third-order valence-corrected chi connectivity index (χ3v) is 6.10. The van der Waals surface area contributed by atoms with E-state index in [9.17, 15) is 9.90 Å². The number of aromatic hydroxyl groups is 1. The predicted octanol–water partition coefficient (Wildman–Crippen LogP) is 6.13. The van der Waals surface area contributed by atoms with Crippen LogP contribution in [-0.2, 0) is 4.74 Å². The molecule has 1 fully saturated rings. The van der Waals surface area contributed by atoms with Gasteiger partial charge in [-0.1, -0.05) is 30.3 Å². The Morgan fingerprint density at radius 3 is 2.73 bits per heavy atom. The monoisotopic (exact) mass is 443 g/mol. The van der Waals surface area contributed by atoms with E-state index in [1.165, 1.54) is 0 Å². The van der Waals surface area contributed by atoms with E-state index in [0.29, 0.717) is 13.1 Å². The summed E-state index contributed by atoms with van der Waals surface area (Å²) < 4.78 is 7.56. The molecule has 1 N–H and O–H groups in total. The highest BCUT2D eigenvalue weighted by atomic mass is 16.6. The van der Waals surface area contributed by atoms with E-state index in [1.54, 1.807) is 11.0 Å². The van der Waals surface area contributed by atoms with E-state index in [4.69, 9.17) is 9.84 Å². The zero-order valence-electron chi connectivity index (χ0n) is 19.3. The molecular weight excluding hydrogens is 414 g/mol. The summed E-state index contributed by atoms with van der Waals surface area (Å²) in [4.78, 5) is 14.3. The van der Waals surface area contributed by atoms with Crippen molar-refractivity contribution in [2.75, 3.05) is 13.1 Å². The maximum Gasteiger partial charge on any atom is 0.410 e. The molecule has 1 atom stereocenters. The molecule has 1 aromatic heterocycles. The normalized spacial score (nSPS) is 16.9. The molecule has 1 aliphatic rings. The van der Waals surface area contributed by atoms with Gasteiger partial charge < -0.3 is 14.7 Å². The summed E-state index contributed by atoms with van der Waals surface area (Å²) in [7, 11) is 0. The number of fused-ring (bicyclic) bond motifs is 2. The van der Waals surface area contributed by atoms with E-state index in [0.717, 1.165) is 45.6 Å². The topological polar surface area (TPSA) is 67.6 Å². The Hall–Kier alpha value is -3.54. The number of rotatable bonds is 2. The lowest BCUT2D eigenvalue weighted by Gasteiger charge is -2.34. The molecule has 1 amide bonds. The largest absolute Gasteiger partial charge is 0.508 e. The van der Waals surface area contributed by atoms with Gasteiger partial charge in [0.15, 0.2) is 0 Å². The Morgan fingerprint density at radius 2 is 1.91 bits per heavy atom. The van der Waals surface area contributed by atoms with Gasteiger partial charge in [0.05, 0.1) is 11.6 Å². The lowest BCUT2D eigenvalue weighted by Crippen LogP contribution is -2.43. The van der Waals surface area contributed by atoms with Crippen molar-refractivity contribution in [2.24, 2.45) is 0 Å². The Bertz CT molecular complexity index is 1340. The Balaban J connectivity index is 1.44. The van der Waals surface area contributed by atoms with Gasteiger partial charge >= 0.3 is 6.09 Å². The summed E-state index contributed by atoms with van der Waals surface area (Å²) in [5.41, 5.74) is 2.44. The summed E-state index contributed by atoms with van der Waals surface area (Å²) in [6.45, 7) is 6.97. The number of piperidine rings is 1. The first-order valence-electron chi connectivity index (χ1n) is 11.5. The standard InChI is InChI=1S/C27H29N3O3/c1-27(2,3)33-26(32)29-12-6-8-21(17-29)30-16-20-13-19(10-11-25(20)28-30)24-15-22(31)14-18-7-4-5-9-23(18)24/h4-5,7,9-11,13-16,21,31H,6,8,12,17H2,1-3H3. The maximum atomic E-state index is 12.6. The lowest BCUT2D eigenvalue weighted by molar-refractivity contribution is 0.0168. The molecule has 170 valence electrons. The van der Waals surface area contributed by atoms with Crippen LogP contribution >= 0.6 is 0 Å². The molecule has 0 aliphatic carbocycles. The van der Waals surface area contributed by atoms with Crippen LogP contribution in [0.4, 0.5) is 4.79 Å². The molecule has 1 aliphatic heterocycles. The first-order valence-corrected chi connectivity index (χ1v) is 11.5. The molecule has 33 heavy (non-hydrogen) atoms. The van der Waals surface area contributed by atoms with E-state index in [2.05, 4.69) is 24.4 Å². The molecule has 0 radical (unpaired) electrons. The molecule has 5 rings (SSSR count). The molecule has 1 unspecified atom stereocenters. The zero-order chi connectivity index (χ0) is 23.2. The van der Waals surface area contributed by atoms with Gasteiger partial charge in [-0.3, -0.25) is 4.68 Å². The number of aromatic nitrogens is 2. The van der Waals surface area contributed by atoms with E-state index >= 15 is 0 Å². The summed E-state index contributed by atoms with van der Waals surface area (Å²) in [5.74, 6) is 0.254. The van der Waals surface area contributed by atoms with Crippen LogP contribution in [0.1, 0.15) is 39.7 Å². The molecule has 6 nitrogen and oxygen atoms in total. The average molecular weight is 444 g/mol. The molecular formula is C27H29N3O3. The second-order valence-corrected chi connectivity index (χ2v) is 9.82. The van der Waals surface area contributed by atoms with Crippen LogP contribution in [0.25, 0.3) is 32.8 Å². The lowest BCUT2D eigenvalue weighted by atomic mass is 9.97. The minimum atomic E-state index is -0.503. The second-order valence-electron chi connectivity index (χ2n) is 9.82. The molecule has 4 aromatic rings. The molecule has 0 spiro atoms. The number of benzene rings is 3. The quantitative estimate of drug-likeness (QED) is 0.404. The Labute approximate surface area is 193 Å². The number of nitrogens with zero attached hydrogens (tertiary/aromatic N) is 3. The van der Waals surface area contributed by atoms with E-state index in [-0.39, 0.29) is 17.9 Å². The third kappa shape index (κ3) is 4.38. The van der Waals surface area contributed by atoms with Crippen molar-refractivity contribution in [3.8, 4) is 16.9 Å². The van der Waals surface area contributed by atoms with Gasteiger partial charge in [-0.25, -0.2) is 4.79 Å². The van der Waals surface area contributed by atoms with Crippen molar-refractivity contribution < 1.29 is 14.6 Å². The van der Waals surface area contributed by atoms with Gasteiger partial charge in [-0.15, -0.1) is 0 Å². The SMILES string of the molecule is CC(C)(C)OC(=O)N1CCCC(n2cc3cc(-c4cc(O)cc5ccccc45)ccc3n2)C1. The number of carbonyl (C=O) groups excluding carboxylic acids is 1. The van der Waals surface area contributed by atoms with E-state index < -0.39 is 5.60 Å². The summed E-state index contributed by atoms with van der Waals surface area (Å²) in [6, 6.07) is 18.0. The fourth-order valence-electron chi connectivity index (χ4n) is 4.60. The first kappa shape index (κ1) is 21.3. The molecule has 1 saturated heterocycles. The number of amides is 1. The fourth-order valence-corrected chi connectivity index (χ4v) is 4.60. The van der Waals surface area contributed by atoms with Crippen LogP contribution in [0.2, 0.25) is 0 Å². The maximum absolute atomic E-state index is 12.6. The molecule has 6 heteroatoms. The van der Waals surface area contributed by atoms with Crippen molar-refractivity contribution >= 4 is 27.8 Å². The number of hydrogen-bond acceptors (Lipinski definition) is 4.